The van der Waals surface area contributed by atoms with Crippen molar-refractivity contribution in [2.75, 3.05) is 55.8 Å². The first kappa shape index (κ1) is 28.9. The number of rotatable bonds is 8. The highest BCUT2D eigenvalue weighted by atomic mass is 32.1. The van der Waals surface area contributed by atoms with E-state index < -0.39 is 0 Å². The summed E-state index contributed by atoms with van der Waals surface area (Å²) in [5.74, 6) is 0.920. The lowest BCUT2D eigenvalue weighted by molar-refractivity contribution is 0.0767. The smallest absolute Gasteiger partial charge is 0.253 e. The van der Waals surface area contributed by atoms with Crippen molar-refractivity contribution < 1.29 is 4.79 Å². The minimum Gasteiger partial charge on any atom is -0.399 e. The molecule has 220 valence electrons. The highest BCUT2D eigenvalue weighted by molar-refractivity contribution is 7.13. The zero-order chi connectivity index (χ0) is 29.8. The molecule has 1 amide bonds. The predicted molar refractivity (Wildman–Crippen MR) is 180 cm³/mol. The standard InChI is InChI=1S/C34H36N6OS2/c1-38(2)29-16-6-24(7-17-29)23-30(25-12-14-28(35)15-13-25)32-36-34(43-37-32)40-19-4-18-39(20-21-40)33(41)27-10-8-26(9-11-27)31-5-3-22-42-31/h3,5-17,22,30H,4,18-21,23,35H2,1-2H3. The third-order valence-corrected chi connectivity index (χ3v) is 9.68. The number of nitrogens with zero attached hydrogens (tertiary/aromatic N) is 5. The van der Waals surface area contributed by atoms with E-state index in [-0.39, 0.29) is 11.8 Å². The van der Waals surface area contributed by atoms with Gasteiger partial charge in [-0.05, 0) is 77.4 Å². The van der Waals surface area contributed by atoms with E-state index in [0.29, 0.717) is 6.54 Å². The van der Waals surface area contributed by atoms with E-state index in [9.17, 15) is 4.79 Å². The first-order chi connectivity index (χ1) is 20.9. The second-order valence-corrected chi connectivity index (χ2v) is 12.8. The maximum Gasteiger partial charge on any atom is 0.253 e. The SMILES string of the molecule is CN(C)c1ccc(CC(c2ccc(N)cc2)c2nsc(N3CCCN(C(=O)c4ccc(-c5cccs5)cc4)CC3)n2)cc1. The highest BCUT2D eigenvalue weighted by Gasteiger charge is 2.25. The van der Waals surface area contributed by atoms with E-state index in [1.165, 1.54) is 27.7 Å². The molecule has 0 aliphatic carbocycles. The molecular formula is C34H36N6OS2. The van der Waals surface area contributed by atoms with Crippen molar-refractivity contribution in [3.05, 3.63) is 113 Å². The second kappa shape index (κ2) is 13.0. The van der Waals surface area contributed by atoms with Gasteiger partial charge >= 0.3 is 0 Å². The van der Waals surface area contributed by atoms with Crippen molar-refractivity contribution in [1.29, 1.82) is 0 Å². The summed E-state index contributed by atoms with van der Waals surface area (Å²) >= 11 is 3.15. The van der Waals surface area contributed by atoms with Crippen LogP contribution in [0.15, 0.2) is 90.3 Å². The molecule has 1 saturated heterocycles. The number of carbonyl (C=O) groups excluding carboxylic acids is 1. The average molecular weight is 609 g/mol. The average Bonchev–Trinajstić information content (AvgIpc) is 3.69. The van der Waals surface area contributed by atoms with Gasteiger partial charge in [-0.2, -0.15) is 4.37 Å². The van der Waals surface area contributed by atoms with Crippen molar-refractivity contribution in [2.45, 2.75) is 18.8 Å². The van der Waals surface area contributed by atoms with Crippen LogP contribution in [0.1, 0.15) is 39.6 Å². The lowest BCUT2D eigenvalue weighted by Crippen LogP contribution is -2.35. The van der Waals surface area contributed by atoms with E-state index in [0.717, 1.165) is 65.8 Å². The summed E-state index contributed by atoms with van der Waals surface area (Å²) in [6, 6.07) is 28.8. The van der Waals surface area contributed by atoms with Gasteiger partial charge in [-0.15, -0.1) is 11.3 Å². The molecule has 1 fully saturated rings. The molecular weight excluding hydrogens is 573 g/mol. The maximum atomic E-state index is 13.4. The summed E-state index contributed by atoms with van der Waals surface area (Å²) in [6.45, 7) is 2.95. The van der Waals surface area contributed by atoms with Crippen molar-refractivity contribution in [1.82, 2.24) is 14.3 Å². The maximum absolute atomic E-state index is 13.4. The molecule has 3 heterocycles. The summed E-state index contributed by atoms with van der Waals surface area (Å²) in [5.41, 5.74) is 12.2. The molecule has 1 aliphatic heterocycles. The quantitative estimate of drug-likeness (QED) is 0.199. The molecule has 3 aromatic carbocycles. The number of nitrogens with two attached hydrogens (primary N) is 1. The summed E-state index contributed by atoms with van der Waals surface area (Å²) in [7, 11) is 4.10. The fraction of sp³-hybridized carbons (Fsp3) is 0.265. The number of hydrogen-bond acceptors (Lipinski definition) is 8. The number of hydrogen-bond donors (Lipinski definition) is 1. The van der Waals surface area contributed by atoms with Crippen LogP contribution < -0.4 is 15.5 Å². The Kier molecular flexibility index (Phi) is 8.72. The van der Waals surface area contributed by atoms with Crippen LogP contribution in [-0.4, -0.2) is 60.4 Å². The van der Waals surface area contributed by atoms with E-state index in [1.54, 1.807) is 11.3 Å². The van der Waals surface area contributed by atoms with Crippen LogP contribution in [-0.2, 0) is 6.42 Å². The molecule has 7 nitrogen and oxygen atoms in total. The Bertz CT molecular complexity index is 1630. The molecule has 0 spiro atoms. The highest BCUT2D eigenvalue weighted by Crippen LogP contribution is 2.32. The van der Waals surface area contributed by atoms with Gasteiger partial charge in [-0.1, -0.05) is 42.5 Å². The van der Waals surface area contributed by atoms with Crippen LogP contribution in [0.25, 0.3) is 10.4 Å². The fourth-order valence-corrected chi connectivity index (χ4v) is 6.97. The van der Waals surface area contributed by atoms with Gasteiger partial charge in [0.05, 0.1) is 0 Å². The monoisotopic (exact) mass is 608 g/mol. The van der Waals surface area contributed by atoms with E-state index in [1.807, 2.05) is 47.4 Å². The van der Waals surface area contributed by atoms with Crippen molar-refractivity contribution in [3.63, 3.8) is 0 Å². The minimum atomic E-state index is 0.0120. The number of benzene rings is 3. The molecule has 2 aromatic heterocycles. The van der Waals surface area contributed by atoms with Crippen LogP contribution in [0.3, 0.4) is 0 Å². The van der Waals surface area contributed by atoms with Gasteiger partial charge in [0.15, 0.2) is 5.82 Å². The first-order valence-corrected chi connectivity index (χ1v) is 16.2. The minimum absolute atomic E-state index is 0.0120. The van der Waals surface area contributed by atoms with Gasteiger partial charge in [0.2, 0.25) is 5.13 Å². The molecule has 0 radical (unpaired) electrons. The summed E-state index contributed by atoms with van der Waals surface area (Å²) in [4.78, 5) is 26.0. The summed E-state index contributed by atoms with van der Waals surface area (Å²) in [5, 5.41) is 2.98. The second-order valence-electron chi connectivity index (χ2n) is 11.1. The predicted octanol–water partition coefficient (Wildman–Crippen LogP) is 6.64. The van der Waals surface area contributed by atoms with E-state index >= 15 is 0 Å². The lowest BCUT2D eigenvalue weighted by Gasteiger charge is -2.22. The van der Waals surface area contributed by atoms with Crippen LogP contribution in [0.2, 0.25) is 0 Å². The molecule has 1 aliphatic rings. The molecule has 0 bridgehead atoms. The Balaban J connectivity index is 1.15. The number of amides is 1. The fourth-order valence-electron chi connectivity index (χ4n) is 5.46. The lowest BCUT2D eigenvalue weighted by atomic mass is 9.91. The van der Waals surface area contributed by atoms with Crippen molar-refractivity contribution in [3.8, 4) is 10.4 Å². The van der Waals surface area contributed by atoms with E-state index in [4.69, 9.17) is 15.1 Å². The molecule has 1 atom stereocenters. The first-order valence-electron chi connectivity index (χ1n) is 14.6. The van der Waals surface area contributed by atoms with Crippen molar-refractivity contribution >= 4 is 45.3 Å². The number of anilines is 3. The van der Waals surface area contributed by atoms with E-state index in [2.05, 4.69) is 71.7 Å². The van der Waals surface area contributed by atoms with Gasteiger partial charge in [0.25, 0.3) is 5.91 Å². The van der Waals surface area contributed by atoms with Gasteiger partial charge < -0.3 is 20.4 Å². The van der Waals surface area contributed by atoms with Gasteiger partial charge in [-0.25, -0.2) is 4.98 Å². The zero-order valence-corrected chi connectivity index (χ0v) is 26.2. The van der Waals surface area contributed by atoms with Crippen LogP contribution >= 0.6 is 22.9 Å². The molecule has 6 rings (SSSR count). The Morgan fingerprint density at radius 3 is 2.40 bits per heavy atom. The molecule has 9 heteroatoms. The Morgan fingerprint density at radius 1 is 0.930 bits per heavy atom. The number of thiophene rings is 1. The third-order valence-electron chi connectivity index (χ3n) is 7.97. The van der Waals surface area contributed by atoms with Gasteiger partial charge in [0, 0.05) is 79.5 Å². The Labute approximate surface area is 261 Å². The molecule has 1 unspecified atom stereocenters. The van der Waals surface area contributed by atoms with Gasteiger partial charge in [0.1, 0.15) is 0 Å². The van der Waals surface area contributed by atoms with Crippen LogP contribution in [0.5, 0.6) is 0 Å². The molecule has 0 saturated carbocycles. The molecule has 43 heavy (non-hydrogen) atoms. The molecule has 5 aromatic rings. The third kappa shape index (κ3) is 6.73. The topological polar surface area (TPSA) is 78.6 Å². The Morgan fingerprint density at radius 2 is 1.70 bits per heavy atom. The van der Waals surface area contributed by atoms with Crippen molar-refractivity contribution in [2.24, 2.45) is 0 Å². The normalized spacial score (nSPS) is 14.4. The van der Waals surface area contributed by atoms with Gasteiger partial charge in [-0.3, -0.25) is 4.79 Å². The molecule has 2 N–H and O–H groups in total. The number of carbonyl (C=O) groups is 1. The Hall–Kier alpha value is -4.21. The zero-order valence-electron chi connectivity index (χ0n) is 24.5. The number of nitrogen functional groups attached to an aromatic ring is 1. The van der Waals surface area contributed by atoms with Crippen LogP contribution in [0.4, 0.5) is 16.5 Å². The number of aromatic nitrogens is 2. The largest absolute Gasteiger partial charge is 0.399 e. The van der Waals surface area contributed by atoms with Crippen LogP contribution in [0, 0.1) is 0 Å². The summed E-state index contributed by atoms with van der Waals surface area (Å²) in [6.07, 6.45) is 1.68. The summed E-state index contributed by atoms with van der Waals surface area (Å²) < 4.78 is 4.86.